The Hall–Kier alpha value is -0.670. The van der Waals surface area contributed by atoms with Gasteiger partial charge in [-0.2, -0.15) is 0 Å². The van der Waals surface area contributed by atoms with Crippen LogP contribution in [-0.4, -0.2) is 25.5 Å². The zero-order valence-electron chi connectivity index (χ0n) is 11.4. The number of halogens is 1. The highest BCUT2D eigenvalue weighted by atomic mass is 127. The lowest BCUT2D eigenvalue weighted by molar-refractivity contribution is 0.0695. The Morgan fingerprint density at radius 2 is 2.05 bits per heavy atom. The van der Waals surface area contributed by atoms with Gasteiger partial charge < -0.3 is 5.11 Å². The van der Waals surface area contributed by atoms with Gasteiger partial charge in [0.15, 0.2) is 0 Å². The van der Waals surface area contributed by atoms with E-state index in [1.807, 2.05) is 36.4 Å². The highest BCUT2D eigenvalue weighted by Gasteiger charge is 2.21. The zero-order valence-corrected chi connectivity index (χ0v) is 14.4. The number of carboxylic acids is 1. The molecule has 1 aromatic carbocycles. The first kappa shape index (κ1) is 17.4. The Morgan fingerprint density at radius 1 is 1.40 bits per heavy atom. The SMILES string of the molecule is CCCC(CC)NS(=O)(=O)c1ccc(I)c(C(=O)O)c1. The molecule has 5 nitrogen and oxygen atoms in total. The third-order valence-electron chi connectivity index (χ3n) is 2.93. The van der Waals surface area contributed by atoms with Gasteiger partial charge in [-0.3, -0.25) is 0 Å². The van der Waals surface area contributed by atoms with Crippen LogP contribution >= 0.6 is 22.6 Å². The fourth-order valence-electron chi connectivity index (χ4n) is 1.82. The topological polar surface area (TPSA) is 83.5 Å². The number of aromatic carboxylic acids is 1. The van der Waals surface area contributed by atoms with Crippen molar-refractivity contribution in [3.8, 4) is 0 Å². The molecule has 0 fully saturated rings. The molecule has 0 amide bonds. The Kier molecular flexibility index (Phi) is 6.41. The molecule has 0 aliphatic rings. The number of hydrogen-bond donors (Lipinski definition) is 2. The summed E-state index contributed by atoms with van der Waals surface area (Å²) < 4.78 is 27.6. The van der Waals surface area contributed by atoms with Crippen LogP contribution < -0.4 is 4.72 Å². The van der Waals surface area contributed by atoms with Crippen molar-refractivity contribution in [2.24, 2.45) is 0 Å². The van der Waals surface area contributed by atoms with E-state index in [0.717, 1.165) is 12.8 Å². The molecule has 0 bridgehead atoms. The van der Waals surface area contributed by atoms with E-state index in [4.69, 9.17) is 5.11 Å². The van der Waals surface area contributed by atoms with Crippen molar-refractivity contribution in [3.63, 3.8) is 0 Å². The fourth-order valence-corrected chi connectivity index (χ4v) is 3.76. The van der Waals surface area contributed by atoms with Gasteiger partial charge in [-0.15, -0.1) is 0 Å². The second kappa shape index (κ2) is 7.37. The summed E-state index contributed by atoms with van der Waals surface area (Å²) >= 11 is 1.87. The minimum atomic E-state index is -3.68. The lowest BCUT2D eigenvalue weighted by atomic mass is 10.1. The molecule has 1 atom stereocenters. The van der Waals surface area contributed by atoms with E-state index < -0.39 is 16.0 Å². The van der Waals surface area contributed by atoms with Gasteiger partial charge in [0.1, 0.15) is 0 Å². The lowest BCUT2D eigenvalue weighted by Gasteiger charge is -2.16. The van der Waals surface area contributed by atoms with Crippen LogP contribution in [-0.2, 0) is 10.0 Å². The number of benzene rings is 1. The van der Waals surface area contributed by atoms with Crippen LogP contribution in [0.2, 0.25) is 0 Å². The standard InChI is InChI=1S/C13H18INO4S/c1-3-5-9(4-2)15-20(18,19)10-6-7-12(14)11(8-10)13(16)17/h6-9,15H,3-5H2,1-2H3,(H,16,17). The summed E-state index contributed by atoms with van der Waals surface area (Å²) in [5.74, 6) is -1.13. The molecule has 0 aliphatic carbocycles. The van der Waals surface area contributed by atoms with Crippen molar-refractivity contribution in [2.45, 2.75) is 44.0 Å². The summed E-state index contributed by atoms with van der Waals surface area (Å²) in [5, 5.41) is 9.05. The molecule has 112 valence electrons. The molecule has 0 spiro atoms. The van der Waals surface area contributed by atoms with Gasteiger partial charge in [0, 0.05) is 9.61 Å². The van der Waals surface area contributed by atoms with Crippen LogP contribution in [0.15, 0.2) is 23.1 Å². The first-order valence-corrected chi connectivity index (χ1v) is 8.93. The summed E-state index contributed by atoms with van der Waals surface area (Å²) in [6, 6.07) is 4.00. The monoisotopic (exact) mass is 411 g/mol. The second-order valence-electron chi connectivity index (χ2n) is 4.46. The van der Waals surface area contributed by atoms with Gasteiger partial charge in [0.05, 0.1) is 10.5 Å². The number of sulfonamides is 1. The highest BCUT2D eigenvalue weighted by Crippen LogP contribution is 2.19. The van der Waals surface area contributed by atoms with Gasteiger partial charge in [0.25, 0.3) is 0 Å². The van der Waals surface area contributed by atoms with E-state index in [2.05, 4.69) is 4.72 Å². The average Bonchev–Trinajstić information content (AvgIpc) is 2.37. The van der Waals surface area contributed by atoms with E-state index in [1.165, 1.54) is 18.2 Å². The molecule has 0 aliphatic heterocycles. The average molecular weight is 411 g/mol. The molecule has 20 heavy (non-hydrogen) atoms. The Morgan fingerprint density at radius 3 is 2.55 bits per heavy atom. The van der Waals surface area contributed by atoms with E-state index in [0.29, 0.717) is 9.99 Å². The molecule has 0 saturated carbocycles. The summed E-state index contributed by atoms with van der Waals surface area (Å²) in [6.07, 6.45) is 2.34. The van der Waals surface area contributed by atoms with Crippen molar-refractivity contribution in [1.29, 1.82) is 0 Å². The third-order valence-corrected chi connectivity index (χ3v) is 5.39. The van der Waals surface area contributed by atoms with Crippen LogP contribution in [0.25, 0.3) is 0 Å². The highest BCUT2D eigenvalue weighted by molar-refractivity contribution is 14.1. The van der Waals surface area contributed by atoms with Crippen molar-refractivity contribution in [1.82, 2.24) is 4.72 Å². The predicted octanol–water partition coefficient (Wildman–Crippen LogP) is 2.85. The lowest BCUT2D eigenvalue weighted by Crippen LogP contribution is -2.34. The first-order valence-electron chi connectivity index (χ1n) is 6.37. The van der Waals surface area contributed by atoms with Crippen LogP contribution in [0.1, 0.15) is 43.5 Å². The van der Waals surface area contributed by atoms with E-state index in [9.17, 15) is 13.2 Å². The number of hydrogen-bond acceptors (Lipinski definition) is 3. The number of rotatable bonds is 7. The Labute approximate surface area is 133 Å². The van der Waals surface area contributed by atoms with E-state index >= 15 is 0 Å². The molecule has 1 aromatic rings. The quantitative estimate of drug-likeness (QED) is 0.676. The maximum atomic E-state index is 12.3. The molecule has 1 unspecified atom stereocenters. The molecule has 0 aromatic heterocycles. The number of carboxylic acid groups (broad SMARTS) is 1. The van der Waals surface area contributed by atoms with Crippen LogP contribution in [0.3, 0.4) is 0 Å². The number of nitrogens with one attached hydrogen (secondary N) is 1. The van der Waals surface area contributed by atoms with Crippen molar-refractivity contribution in [3.05, 3.63) is 27.3 Å². The smallest absolute Gasteiger partial charge is 0.336 e. The summed E-state index contributed by atoms with van der Waals surface area (Å²) in [7, 11) is -3.68. The maximum Gasteiger partial charge on any atom is 0.336 e. The Balaban J connectivity index is 3.09. The maximum absolute atomic E-state index is 12.3. The van der Waals surface area contributed by atoms with Crippen LogP contribution in [0, 0.1) is 3.57 Å². The summed E-state index contributed by atoms with van der Waals surface area (Å²) in [5.41, 5.74) is -0.00276. The van der Waals surface area contributed by atoms with Gasteiger partial charge in [-0.25, -0.2) is 17.9 Å². The predicted molar refractivity (Wildman–Crippen MR) is 85.4 cm³/mol. The molecule has 1 rings (SSSR count). The van der Waals surface area contributed by atoms with Gasteiger partial charge in [-0.05, 0) is 53.6 Å². The largest absolute Gasteiger partial charge is 0.478 e. The third kappa shape index (κ3) is 4.42. The molecule has 2 N–H and O–H groups in total. The minimum Gasteiger partial charge on any atom is -0.478 e. The van der Waals surface area contributed by atoms with Gasteiger partial charge in [-0.1, -0.05) is 20.3 Å². The van der Waals surface area contributed by atoms with E-state index in [-0.39, 0.29) is 16.5 Å². The van der Waals surface area contributed by atoms with Crippen LogP contribution in [0.5, 0.6) is 0 Å². The van der Waals surface area contributed by atoms with Crippen LogP contribution in [0.4, 0.5) is 0 Å². The van der Waals surface area contributed by atoms with Gasteiger partial charge in [0.2, 0.25) is 10.0 Å². The second-order valence-corrected chi connectivity index (χ2v) is 7.34. The summed E-state index contributed by atoms with van der Waals surface area (Å²) in [6.45, 7) is 3.91. The molecule has 7 heteroatoms. The molecule has 0 saturated heterocycles. The summed E-state index contributed by atoms with van der Waals surface area (Å²) in [4.78, 5) is 11.1. The minimum absolute atomic E-state index is 0.00276. The molecular formula is C13H18INO4S. The fraction of sp³-hybridized carbons (Fsp3) is 0.462. The van der Waals surface area contributed by atoms with Gasteiger partial charge >= 0.3 is 5.97 Å². The molecule has 0 heterocycles. The van der Waals surface area contributed by atoms with Crippen molar-refractivity contribution < 1.29 is 18.3 Å². The Bertz CT molecular complexity index is 586. The van der Waals surface area contributed by atoms with Crippen molar-refractivity contribution >= 4 is 38.6 Å². The van der Waals surface area contributed by atoms with E-state index in [1.54, 1.807) is 0 Å². The number of carbonyl (C=O) groups is 1. The first-order chi connectivity index (χ1) is 9.31. The molecular weight excluding hydrogens is 393 g/mol. The zero-order chi connectivity index (χ0) is 15.3. The normalized spacial score (nSPS) is 13.2. The van der Waals surface area contributed by atoms with Crippen molar-refractivity contribution in [2.75, 3.05) is 0 Å². The molecule has 0 radical (unpaired) electrons.